The summed E-state index contributed by atoms with van der Waals surface area (Å²) in [6, 6.07) is 0. The van der Waals surface area contributed by atoms with E-state index in [1.54, 1.807) is 0 Å². The van der Waals surface area contributed by atoms with Crippen molar-refractivity contribution in [3.05, 3.63) is 0 Å². The third kappa shape index (κ3) is 7.70. The van der Waals surface area contributed by atoms with Gasteiger partial charge in [-0.15, -0.1) is 6.42 Å². The van der Waals surface area contributed by atoms with E-state index in [1.165, 1.54) is 6.42 Å². The Balaban J connectivity index is 2.10. The molecule has 0 spiro atoms. The molecule has 0 aliphatic carbocycles. The van der Waals surface area contributed by atoms with Gasteiger partial charge in [0.05, 0.1) is 19.8 Å². The van der Waals surface area contributed by atoms with Crippen molar-refractivity contribution in [3.63, 3.8) is 0 Å². The summed E-state index contributed by atoms with van der Waals surface area (Å²) >= 11 is 0. The van der Waals surface area contributed by atoms with Crippen LogP contribution in [0, 0.1) is 12.3 Å². The maximum Gasteiger partial charge on any atom is 0.192 e. The second-order valence-corrected chi connectivity index (χ2v) is 4.48. The van der Waals surface area contributed by atoms with Crippen molar-refractivity contribution in [3.8, 4) is 12.3 Å². The van der Waals surface area contributed by atoms with Gasteiger partial charge in [-0.25, -0.2) is 0 Å². The normalized spacial score (nSPS) is 16.9. The lowest BCUT2D eigenvalue weighted by Gasteiger charge is -2.26. The van der Waals surface area contributed by atoms with Crippen molar-refractivity contribution >= 4 is 5.96 Å². The lowest BCUT2D eigenvalue weighted by molar-refractivity contribution is 0.0373. The van der Waals surface area contributed by atoms with E-state index < -0.39 is 0 Å². The predicted molar refractivity (Wildman–Crippen MR) is 79.3 cm³/mol. The molecule has 19 heavy (non-hydrogen) atoms. The molecule has 0 radical (unpaired) electrons. The largest absolute Gasteiger partial charge is 0.379 e. The van der Waals surface area contributed by atoms with Crippen LogP contribution in [0.4, 0.5) is 0 Å². The minimum Gasteiger partial charge on any atom is -0.379 e. The molecule has 1 rings (SSSR count). The first-order valence-electron chi connectivity index (χ1n) is 7.12. The standard InChI is InChI=1S/C14H26N4O/c1-3-7-16-14(15-4-2)17-8-5-6-9-18-10-12-19-13-11-18/h1H,4-13H2,2H3,(H2,15,16,17). The van der Waals surface area contributed by atoms with Crippen molar-refractivity contribution in [1.29, 1.82) is 0 Å². The van der Waals surface area contributed by atoms with Crippen molar-refractivity contribution in [2.45, 2.75) is 19.8 Å². The molecule has 1 aliphatic heterocycles. The summed E-state index contributed by atoms with van der Waals surface area (Å²) in [6.07, 6.45) is 7.50. The quantitative estimate of drug-likeness (QED) is 0.301. The second-order valence-electron chi connectivity index (χ2n) is 4.48. The van der Waals surface area contributed by atoms with E-state index in [0.29, 0.717) is 6.54 Å². The number of hydrogen-bond acceptors (Lipinski definition) is 3. The van der Waals surface area contributed by atoms with E-state index in [1.807, 2.05) is 6.92 Å². The maximum absolute atomic E-state index is 5.33. The topological polar surface area (TPSA) is 48.9 Å². The lowest BCUT2D eigenvalue weighted by Crippen LogP contribution is -2.37. The highest BCUT2D eigenvalue weighted by molar-refractivity contribution is 5.79. The number of unbranched alkanes of at least 4 members (excludes halogenated alkanes) is 1. The number of terminal acetylenes is 1. The minimum absolute atomic E-state index is 0.514. The summed E-state index contributed by atoms with van der Waals surface area (Å²) < 4.78 is 5.33. The fourth-order valence-corrected chi connectivity index (χ4v) is 1.94. The maximum atomic E-state index is 5.33. The Morgan fingerprint density at radius 1 is 1.32 bits per heavy atom. The molecule has 0 atom stereocenters. The Bertz CT molecular complexity index is 292. The molecule has 0 saturated carbocycles. The van der Waals surface area contributed by atoms with Crippen LogP contribution in [0.5, 0.6) is 0 Å². The lowest BCUT2D eigenvalue weighted by atomic mass is 10.3. The van der Waals surface area contributed by atoms with Gasteiger partial charge in [0.1, 0.15) is 0 Å². The average Bonchev–Trinajstić information content (AvgIpc) is 2.45. The van der Waals surface area contributed by atoms with Gasteiger partial charge in [0.15, 0.2) is 5.96 Å². The molecular formula is C14H26N4O. The smallest absolute Gasteiger partial charge is 0.192 e. The second kappa shape index (κ2) is 10.7. The van der Waals surface area contributed by atoms with E-state index in [9.17, 15) is 0 Å². The van der Waals surface area contributed by atoms with Crippen molar-refractivity contribution in [1.82, 2.24) is 15.5 Å². The summed E-state index contributed by atoms with van der Waals surface area (Å²) in [6.45, 7) is 9.27. The predicted octanol–water partition coefficient (Wildman–Crippen LogP) is 0.287. The average molecular weight is 266 g/mol. The molecule has 5 heteroatoms. The van der Waals surface area contributed by atoms with Crippen molar-refractivity contribution in [2.24, 2.45) is 4.99 Å². The molecule has 1 fully saturated rings. The molecule has 0 aromatic heterocycles. The van der Waals surface area contributed by atoms with E-state index in [4.69, 9.17) is 11.2 Å². The van der Waals surface area contributed by atoms with Gasteiger partial charge in [0.25, 0.3) is 0 Å². The first-order chi connectivity index (χ1) is 9.36. The molecule has 0 aromatic carbocycles. The number of rotatable bonds is 7. The number of morpholine rings is 1. The summed E-state index contributed by atoms with van der Waals surface area (Å²) in [7, 11) is 0. The molecule has 1 aliphatic rings. The highest BCUT2D eigenvalue weighted by atomic mass is 16.5. The fourth-order valence-electron chi connectivity index (χ4n) is 1.94. The van der Waals surface area contributed by atoms with Gasteiger partial charge in [0.2, 0.25) is 0 Å². The summed E-state index contributed by atoms with van der Waals surface area (Å²) in [5.74, 6) is 3.36. The molecule has 0 unspecified atom stereocenters. The molecule has 0 amide bonds. The van der Waals surface area contributed by atoms with Gasteiger partial charge >= 0.3 is 0 Å². The minimum atomic E-state index is 0.514. The van der Waals surface area contributed by atoms with Crippen LogP contribution < -0.4 is 10.6 Å². The van der Waals surface area contributed by atoms with E-state index in [2.05, 4.69) is 26.4 Å². The Labute approximate surface area is 116 Å². The summed E-state index contributed by atoms with van der Waals surface area (Å²) in [5, 5.41) is 6.26. The van der Waals surface area contributed by atoms with Crippen LogP contribution >= 0.6 is 0 Å². The SMILES string of the molecule is C#CCNC(=NCCCCN1CCOCC1)NCC. The molecule has 1 heterocycles. The molecule has 0 aromatic rings. The number of ether oxygens (including phenoxy) is 1. The Hall–Kier alpha value is -1.25. The monoisotopic (exact) mass is 266 g/mol. The van der Waals surface area contributed by atoms with Gasteiger partial charge in [-0.05, 0) is 26.3 Å². The molecule has 1 saturated heterocycles. The van der Waals surface area contributed by atoms with Gasteiger partial charge in [-0.3, -0.25) is 9.89 Å². The Kier molecular flexibility index (Phi) is 8.86. The number of hydrogen-bond donors (Lipinski definition) is 2. The molecule has 0 bridgehead atoms. The zero-order chi connectivity index (χ0) is 13.8. The number of guanidine groups is 1. The van der Waals surface area contributed by atoms with Gasteiger partial charge < -0.3 is 15.4 Å². The zero-order valence-corrected chi connectivity index (χ0v) is 12.0. The van der Waals surface area contributed by atoms with E-state index >= 15 is 0 Å². The Morgan fingerprint density at radius 3 is 2.79 bits per heavy atom. The first-order valence-corrected chi connectivity index (χ1v) is 7.12. The number of nitrogens with zero attached hydrogens (tertiary/aromatic N) is 2. The van der Waals surface area contributed by atoms with Crippen LogP contribution in [0.15, 0.2) is 4.99 Å². The third-order valence-electron chi connectivity index (χ3n) is 2.96. The fraction of sp³-hybridized carbons (Fsp3) is 0.786. The van der Waals surface area contributed by atoms with Crippen LogP contribution in [0.1, 0.15) is 19.8 Å². The van der Waals surface area contributed by atoms with Crippen molar-refractivity contribution in [2.75, 3.05) is 52.5 Å². The van der Waals surface area contributed by atoms with Crippen molar-refractivity contribution < 1.29 is 4.74 Å². The molecular weight excluding hydrogens is 240 g/mol. The molecule has 108 valence electrons. The van der Waals surface area contributed by atoms with Crippen LogP contribution in [-0.4, -0.2) is 63.3 Å². The van der Waals surface area contributed by atoms with E-state index in [0.717, 1.165) is 58.3 Å². The number of nitrogens with one attached hydrogen (secondary N) is 2. The van der Waals surface area contributed by atoms with Gasteiger partial charge in [-0.2, -0.15) is 0 Å². The highest BCUT2D eigenvalue weighted by Crippen LogP contribution is 2.00. The van der Waals surface area contributed by atoms with E-state index in [-0.39, 0.29) is 0 Å². The van der Waals surface area contributed by atoms with Crippen LogP contribution in [0.2, 0.25) is 0 Å². The van der Waals surface area contributed by atoms with Crippen LogP contribution in [0.25, 0.3) is 0 Å². The third-order valence-corrected chi connectivity index (χ3v) is 2.96. The zero-order valence-electron chi connectivity index (χ0n) is 12.0. The Morgan fingerprint density at radius 2 is 2.11 bits per heavy atom. The first kappa shape index (κ1) is 15.8. The van der Waals surface area contributed by atoms with Gasteiger partial charge in [-0.1, -0.05) is 5.92 Å². The van der Waals surface area contributed by atoms with Crippen LogP contribution in [0.3, 0.4) is 0 Å². The molecule has 2 N–H and O–H groups in total. The van der Waals surface area contributed by atoms with Crippen LogP contribution in [-0.2, 0) is 4.74 Å². The highest BCUT2D eigenvalue weighted by Gasteiger charge is 2.08. The molecule has 5 nitrogen and oxygen atoms in total. The summed E-state index contributed by atoms with van der Waals surface area (Å²) in [4.78, 5) is 6.94. The van der Waals surface area contributed by atoms with Gasteiger partial charge in [0, 0.05) is 26.2 Å². The summed E-state index contributed by atoms with van der Waals surface area (Å²) in [5.41, 5.74) is 0. The number of aliphatic imine (C=N–C) groups is 1.